The second kappa shape index (κ2) is 5.67. The molecule has 0 aromatic heterocycles. The van der Waals surface area contributed by atoms with E-state index in [2.05, 4.69) is 10.6 Å². The number of nitrogens with one attached hydrogen (secondary N) is 2. The molecular formula is C12H21N3O3. The van der Waals surface area contributed by atoms with Crippen molar-refractivity contribution in [2.75, 3.05) is 26.2 Å². The molecule has 1 spiro atoms. The van der Waals surface area contributed by atoms with E-state index in [0.29, 0.717) is 19.4 Å². The number of carbonyl (C=O) groups is 2. The highest BCUT2D eigenvalue weighted by atomic mass is 16.3. The zero-order valence-corrected chi connectivity index (χ0v) is 10.6. The Morgan fingerprint density at radius 2 is 1.89 bits per heavy atom. The lowest BCUT2D eigenvalue weighted by atomic mass is 9.88. The van der Waals surface area contributed by atoms with Crippen LogP contribution in [0.25, 0.3) is 0 Å². The number of piperidine rings is 1. The predicted octanol–water partition coefficient (Wildman–Crippen LogP) is -0.177. The van der Waals surface area contributed by atoms with Gasteiger partial charge < -0.3 is 15.7 Å². The number of hydrogen-bond acceptors (Lipinski definition) is 4. The molecule has 18 heavy (non-hydrogen) atoms. The number of aliphatic hydroxyl groups is 1. The minimum Gasteiger partial charge on any atom is -0.396 e. The Morgan fingerprint density at radius 3 is 2.56 bits per heavy atom. The van der Waals surface area contributed by atoms with Crippen molar-refractivity contribution in [3.05, 3.63) is 0 Å². The first-order valence-electron chi connectivity index (χ1n) is 6.65. The highest BCUT2D eigenvalue weighted by Crippen LogP contribution is 2.27. The van der Waals surface area contributed by atoms with Gasteiger partial charge in [0.15, 0.2) is 0 Å². The number of amides is 3. The molecule has 6 heteroatoms. The van der Waals surface area contributed by atoms with Gasteiger partial charge in [-0.1, -0.05) is 0 Å². The Morgan fingerprint density at radius 1 is 1.17 bits per heavy atom. The quantitative estimate of drug-likeness (QED) is 0.470. The Hall–Kier alpha value is -1.14. The van der Waals surface area contributed by atoms with E-state index < -0.39 is 5.54 Å². The van der Waals surface area contributed by atoms with Crippen LogP contribution in [0.5, 0.6) is 0 Å². The fourth-order valence-electron chi connectivity index (χ4n) is 2.63. The van der Waals surface area contributed by atoms with Crippen LogP contribution in [-0.4, -0.2) is 53.7 Å². The molecule has 0 radical (unpaired) electrons. The third-order valence-corrected chi connectivity index (χ3v) is 3.74. The van der Waals surface area contributed by atoms with Gasteiger partial charge in [-0.05, 0) is 45.2 Å². The largest absolute Gasteiger partial charge is 0.396 e. The third kappa shape index (κ3) is 2.49. The Kier molecular flexibility index (Phi) is 4.19. The molecule has 2 rings (SSSR count). The summed E-state index contributed by atoms with van der Waals surface area (Å²) in [5, 5.41) is 14.7. The summed E-state index contributed by atoms with van der Waals surface area (Å²) in [7, 11) is 0. The molecule has 0 aromatic rings. The maximum atomic E-state index is 12.3. The highest BCUT2D eigenvalue weighted by molar-refractivity contribution is 6.07. The van der Waals surface area contributed by atoms with Gasteiger partial charge in [-0.2, -0.15) is 0 Å². The van der Waals surface area contributed by atoms with E-state index in [-0.39, 0.29) is 18.5 Å². The molecule has 2 heterocycles. The molecule has 2 aliphatic rings. The van der Waals surface area contributed by atoms with Crippen molar-refractivity contribution < 1.29 is 14.7 Å². The number of rotatable bonds is 5. The first-order chi connectivity index (χ1) is 8.69. The summed E-state index contributed by atoms with van der Waals surface area (Å²) in [6.45, 7) is 2.16. The molecule has 2 saturated heterocycles. The van der Waals surface area contributed by atoms with Gasteiger partial charge in [0, 0.05) is 13.2 Å². The summed E-state index contributed by atoms with van der Waals surface area (Å²) < 4.78 is 0. The van der Waals surface area contributed by atoms with Gasteiger partial charge in [-0.25, -0.2) is 4.79 Å². The fourth-order valence-corrected chi connectivity index (χ4v) is 2.63. The van der Waals surface area contributed by atoms with Crippen LogP contribution in [0.15, 0.2) is 0 Å². The average Bonchev–Trinajstić information content (AvgIpc) is 2.59. The molecule has 3 amide bonds. The van der Waals surface area contributed by atoms with Crippen LogP contribution in [0.3, 0.4) is 0 Å². The lowest BCUT2D eigenvalue weighted by Crippen LogP contribution is -2.53. The number of unbranched alkanes of at least 4 members (excludes halogenated alkanes) is 2. The smallest absolute Gasteiger partial charge is 0.325 e. The third-order valence-electron chi connectivity index (χ3n) is 3.74. The zero-order valence-electron chi connectivity index (χ0n) is 10.6. The zero-order chi connectivity index (χ0) is 13.0. The summed E-state index contributed by atoms with van der Waals surface area (Å²) in [6, 6.07) is -0.258. The SMILES string of the molecule is O=C1NC2(CCNCC2)C(=O)N1CCCCCO. The summed E-state index contributed by atoms with van der Waals surface area (Å²) >= 11 is 0. The molecule has 0 atom stereocenters. The second-order valence-electron chi connectivity index (χ2n) is 5.00. The lowest BCUT2D eigenvalue weighted by Gasteiger charge is -2.31. The van der Waals surface area contributed by atoms with Crippen molar-refractivity contribution in [2.45, 2.75) is 37.6 Å². The van der Waals surface area contributed by atoms with Crippen molar-refractivity contribution in [3.63, 3.8) is 0 Å². The number of imide groups is 1. The molecule has 3 N–H and O–H groups in total. The summed E-state index contributed by atoms with van der Waals surface area (Å²) in [4.78, 5) is 25.5. The number of nitrogens with zero attached hydrogens (tertiary/aromatic N) is 1. The van der Waals surface area contributed by atoms with E-state index in [1.165, 1.54) is 4.90 Å². The predicted molar refractivity (Wildman–Crippen MR) is 66.0 cm³/mol. The number of carbonyl (C=O) groups excluding carboxylic acids is 2. The molecule has 0 aliphatic carbocycles. The molecule has 0 unspecified atom stereocenters. The molecule has 2 aliphatic heterocycles. The highest BCUT2D eigenvalue weighted by Gasteiger charge is 2.50. The van der Waals surface area contributed by atoms with Gasteiger partial charge in [0.1, 0.15) is 5.54 Å². The monoisotopic (exact) mass is 255 g/mol. The van der Waals surface area contributed by atoms with Crippen LogP contribution in [0.2, 0.25) is 0 Å². The topological polar surface area (TPSA) is 81.7 Å². The van der Waals surface area contributed by atoms with Crippen molar-refractivity contribution >= 4 is 11.9 Å². The first kappa shape index (κ1) is 13.3. The molecule has 0 aromatic carbocycles. The minimum absolute atomic E-state index is 0.0713. The van der Waals surface area contributed by atoms with E-state index in [9.17, 15) is 9.59 Å². The molecule has 6 nitrogen and oxygen atoms in total. The van der Waals surface area contributed by atoms with Gasteiger partial charge in [0.25, 0.3) is 5.91 Å². The second-order valence-corrected chi connectivity index (χ2v) is 5.00. The van der Waals surface area contributed by atoms with Crippen molar-refractivity contribution in [2.24, 2.45) is 0 Å². The summed E-state index contributed by atoms with van der Waals surface area (Å²) in [5.74, 6) is -0.0713. The van der Waals surface area contributed by atoms with Gasteiger partial charge in [-0.3, -0.25) is 9.69 Å². The fraction of sp³-hybridized carbons (Fsp3) is 0.833. The Balaban J connectivity index is 1.92. The van der Waals surface area contributed by atoms with Crippen LogP contribution >= 0.6 is 0 Å². The lowest BCUT2D eigenvalue weighted by molar-refractivity contribution is -0.132. The maximum absolute atomic E-state index is 12.3. The molecule has 0 saturated carbocycles. The van der Waals surface area contributed by atoms with Gasteiger partial charge >= 0.3 is 6.03 Å². The molecule has 102 valence electrons. The van der Waals surface area contributed by atoms with E-state index >= 15 is 0 Å². The van der Waals surface area contributed by atoms with E-state index in [4.69, 9.17) is 5.11 Å². The normalized spacial score (nSPS) is 22.6. The molecular weight excluding hydrogens is 234 g/mol. The minimum atomic E-state index is -0.653. The van der Waals surface area contributed by atoms with Crippen molar-refractivity contribution in [3.8, 4) is 0 Å². The summed E-state index contributed by atoms with van der Waals surface area (Å²) in [5.41, 5.74) is -0.653. The van der Waals surface area contributed by atoms with Gasteiger partial charge in [-0.15, -0.1) is 0 Å². The van der Waals surface area contributed by atoms with Crippen LogP contribution in [0.1, 0.15) is 32.1 Å². The summed E-state index contributed by atoms with van der Waals surface area (Å²) in [6.07, 6.45) is 3.66. The Labute approximate surface area is 107 Å². The molecule has 2 fully saturated rings. The van der Waals surface area contributed by atoms with Crippen LogP contribution in [-0.2, 0) is 4.79 Å². The standard InChI is InChI=1S/C12H21N3O3/c16-9-3-1-2-8-15-10(17)12(14-11(15)18)4-6-13-7-5-12/h13,16H,1-9H2,(H,14,18). The maximum Gasteiger partial charge on any atom is 0.325 e. The van der Waals surface area contributed by atoms with Crippen LogP contribution < -0.4 is 10.6 Å². The number of aliphatic hydroxyl groups excluding tert-OH is 1. The van der Waals surface area contributed by atoms with Crippen molar-refractivity contribution in [1.29, 1.82) is 0 Å². The number of hydrogen-bond donors (Lipinski definition) is 3. The number of urea groups is 1. The van der Waals surface area contributed by atoms with Gasteiger partial charge in [0.2, 0.25) is 0 Å². The van der Waals surface area contributed by atoms with Crippen molar-refractivity contribution in [1.82, 2.24) is 15.5 Å². The molecule has 0 bridgehead atoms. The first-order valence-corrected chi connectivity index (χ1v) is 6.65. The Bertz CT molecular complexity index is 327. The van der Waals surface area contributed by atoms with Gasteiger partial charge in [0.05, 0.1) is 0 Å². The van der Waals surface area contributed by atoms with E-state index in [1.54, 1.807) is 0 Å². The van der Waals surface area contributed by atoms with E-state index in [0.717, 1.165) is 32.4 Å². The van der Waals surface area contributed by atoms with Crippen LogP contribution in [0.4, 0.5) is 4.79 Å². The van der Waals surface area contributed by atoms with Crippen LogP contribution in [0, 0.1) is 0 Å². The van der Waals surface area contributed by atoms with E-state index in [1.807, 2.05) is 0 Å². The average molecular weight is 255 g/mol.